The van der Waals surface area contributed by atoms with Gasteiger partial charge in [0.2, 0.25) is 0 Å². The van der Waals surface area contributed by atoms with E-state index in [4.69, 9.17) is 25.2 Å². The fourth-order valence-electron chi connectivity index (χ4n) is 0.580. The number of halogens is 3. The van der Waals surface area contributed by atoms with Gasteiger partial charge in [-0.2, -0.15) is 0 Å². The number of hydrogen-bond acceptors (Lipinski definition) is 3. The molecule has 0 unspecified atom stereocenters. The van der Waals surface area contributed by atoms with Crippen LogP contribution in [0.4, 0.5) is 0 Å². The zero-order chi connectivity index (χ0) is 12.0. The molecule has 0 aliphatic carbocycles. The van der Waals surface area contributed by atoms with E-state index in [1.807, 2.05) is 6.92 Å². The zero-order valence-electron chi connectivity index (χ0n) is 8.51. The fourth-order valence-corrected chi connectivity index (χ4v) is 1.83. The number of aryl methyl sites for hydroxylation is 1. The van der Waals surface area contributed by atoms with Gasteiger partial charge < -0.3 is 0 Å². The minimum atomic E-state index is -1.17. The van der Waals surface area contributed by atoms with Crippen molar-refractivity contribution in [1.29, 1.82) is 0.594 Å². The maximum absolute atomic E-state index is 11.0. The molecule has 0 aliphatic rings. The van der Waals surface area contributed by atoms with Crippen molar-refractivity contribution in [2.24, 2.45) is 0 Å². The molecule has 0 aliphatic heterocycles. The number of nitrogens with zero attached hydrogens (tertiary/aromatic N) is 1. The summed E-state index contributed by atoms with van der Waals surface area (Å²) < 4.78 is 13.4. The molecule has 0 N–H and O–H groups in total. The van der Waals surface area contributed by atoms with Crippen LogP contribution < -0.4 is 28.0 Å². The standard InChI is InChI=1S/C5H5Cl2NOS.CH2IO/c1-2-8-5(9)3(6)4(7)10-8;2-1-3/h2H2,1H3;1-2H/q;-1/i;1D,2T. The van der Waals surface area contributed by atoms with E-state index in [0.29, 0.717) is 10.9 Å². The summed E-state index contributed by atoms with van der Waals surface area (Å²) >= 11 is 11.1. The first-order valence-corrected chi connectivity index (χ1v) is 5.72. The topological polar surface area (TPSA) is 39.1 Å². The van der Waals surface area contributed by atoms with Gasteiger partial charge in [-0.25, -0.2) is 0 Å². The second-order valence-corrected chi connectivity index (χ2v) is 4.21. The van der Waals surface area contributed by atoms with Crippen molar-refractivity contribution in [2.45, 2.75) is 13.5 Å². The molecule has 0 aromatic carbocycles. The van der Waals surface area contributed by atoms with Gasteiger partial charge in [0.05, 0.1) is 0 Å². The van der Waals surface area contributed by atoms with Crippen molar-refractivity contribution in [3.8, 4) is 0 Å². The van der Waals surface area contributed by atoms with Crippen molar-refractivity contribution >= 4 is 39.0 Å². The van der Waals surface area contributed by atoms with Crippen molar-refractivity contribution in [3.63, 3.8) is 0 Å². The monoisotopic (exact) mass is 357 g/mol. The average Bonchev–Trinajstić information content (AvgIpc) is 2.46. The molecule has 0 spiro atoms. The summed E-state index contributed by atoms with van der Waals surface area (Å²) in [5, 5.41) is 0.133. The molecule has 0 atom stereocenters. The zero-order valence-corrected chi connectivity index (χ0v) is 11.0. The van der Waals surface area contributed by atoms with Gasteiger partial charge in [-0.3, -0.25) is 8.75 Å². The third-order valence-corrected chi connectivity index (χ3v) is 3.03. The van der Waals surface area contributed by atoms with Crippen LogP contribution in [-0.4, -0.2) is 8.82 Å². The van der Waals surface area contributed by atoms with Crippen molar-refractivity contribution in [1.82, 2.24) is 3.96 Å². The van der Waals surface area contributed by atoms with Crippen molar-refractivity contribution < 1.29 is 28.6 Å². The van der Waals surface area contributed by atoms with E-state index in [1.165, 1.54) is 15.5 Å². The number of rotatable bonds is 2. The van der Waals surface area contributed by atoms with E-state index in [0.717, 1.165) is 0 Å². The van der Waals surface area contributed by atoms with Crippen LogP contribution in [0.25, 0.3) is 0 Å². The van der Waals surface area contributed by atoms with Gasteiger partial charge in [-0.05, 0) is 18.5 Å². The Kier molecular flexibility index (Phi) is 5.21. The maximum atomic E-state index is 11.0. The van der Waals surface area contributed by atoms with Gasteiger partial charge in [0.25, 0.3) is 5.56 Å². The minimum absolute atomic E-state index is 0.133. The quantitative estimate of drug-likeness (QED) is 0.375. The molecule has 76 valence electrons. The summed E-state index contributed by atoms with van der Waals surface area (Å²) in [6.45, 7) is 2.49. The van der Waals surface area contributed by atoms with Crippen molar-refractivity contribution in [3.05, 3.63) is 19.7 Å². The van der Waals surface area contributed by atoms with Crippen molar-refractivity contribution in [2.75, 3.05) is 0 Å². The van der Waals surface area contributed by atoms with E-state index >= 15 is 0 Å². The summed E-state index contributed by atoms with van der Waals surface area (Å²) in [6, 6.07) is 0. The molecule has 0 saturated heterocycles. The second kappa shape index (κ2) is 6.80. The van der Waals surface area contributed by atoms with Gasteiger partial charge in [0, 0.05) is 6.54 Å². The average molecular weight is 358 g/mol. The summed E-state index contributed by atoms with van der Waals surface area (Å²) in [4.78, 5) is 20.3. The molecule has 7 heteroatoms. The van der Waals surface area contributed by atoms with Gasteiger partial charge in [0.15, 0.2) is 0 Å². The molecule has 13 heavy (non-hydrogen) atoms. The predicted molar refractivity (Wildman–Crippen MR) is 52.4 cm³/mol. The molecule has 1 aromatic heterocycles. The van der Waals surface area contributed by atoms with Crippen LogP contribution >= 0.6 is 34.7 Å². The molecule has 0 fully saturated rings. The van der Waals surface area contributed by atoms with Gasteiger partial charge in [-0.1, -0.05) is 23.2 Å². The third kappa shape index (κ3) is 3.97. The first-order valence-electron chi connectivity index (χ1n) is 3.99. The molecule has 1 aromatic rings. The summed E-state index contributed by atoms with van der Waals surface area (Å²) in [6.07, 6.45) is 0. The first kappa shape index (κ1) is 9.95. The molecular weight excluding hydrogens is 348 g/mol. The first-order chi connectivity index (χ1) is 6.93. The predicted octanol–water partition coefficient (Wildman–Crippen LogP) is -1.30. The Labute approximate surface area is 105 Å². The molecule has 1 heterocycles. The van der Waals surface area contributed by atoms with Gasteiger partial charge in [0.1, 0.15) is 9.36 Å². The molecule has 3 nitrogen and oxygen atoms in total. The number of carbonyl (C=O) groups is 1. The SMILES string of the molecule is CCn1sc(Cl)c(Cl)c1=O.[2H]C(=O)[I-][3H]. The van der Waals surface area contributed by atoms with Crippen LogP contribution in [-0.2, 0) is 11.3 Å². The van der Waals surface area contributed by atoms with Gasteiger partial charge >= 0.3 is 33.4 Å². The van der Waals surface area contributed by atoms with Crippen LogP contribution in [0.5, 0.6) is 0 Å². The van der Waals surface area contributed by atoms with Crippen LogP contribution in [0.15, 0.2) is 4.79 Å². The normalized spacial score (nSPS) is 11.3. The molecule has 1 rings (SSSR count). The molecule has 0 radical (unpaired) electrons. The summed E-state index contributed by atoms with van der Waals surface area (Å²) in [5.41, 5.74) is -0.195. The number of hydrogen-bond donors (Lipinski definition) is 0. The van der Waals surface area contributed by atoms with E-state index in [9.17, 15) is 9.59 Å². The Bertz CT molecular complexity index is 395. The molecule has 0 amide bonds. The molecular formula is C6H7Cl2INO2S-. The van der Waals surface area contributed by atoms with E-state index in [2.05, 4.69) is 0 Å². The Hall–Kier alpha value is 0.410. The van der Waals surface area contributed by atoms with Crippen LogP contribution in [0, 0.1) is 0 Å². The summed E-state index contributed by atoms with van der Waals surface area (Å²) in [7, 11) is 0. The van der Waals surface area contributed by atoms with Crippen LogP contribution in [0.2, 0.25) is 9.36 Å². The van der Waals surface area contributed by atoms with Crippen LogP contribution in [0.1, 0.15) is 8.29 Å². The number of carbonyl (C=O) groups excluding carboxylic acids is 1. The van der Waals surface area contributed by atoms with Gasteiger partial charge in [-0.15, -0.1) is 0 Å². The van der Waals surface area contributed by atoms with E-state index in [-0.39, 0.29) is 10.6 Å². The Morgan fingerprint density at radius 3 is 2.62 bits per heavy atom. The second-order valence-electron chi connectivity index (χ2n) is 1.76. The van der Waals surface area contributed by atoms with Crippen LogP contribution in [0.3, 0.4) is 0 Å². The Balaban J connectivity index is 0.000000336. The molecule has 0 saturated carbocycles. The Morgan fingerprint density at radius 1 is 1.92 bits per heavy atom. The van der Waals surface area contributed by atoms with E-state index in [1.54, 1.807) is 0 Å². The third-order valence-electron chi connectivity index (χ3n) is 1.06. The molecule has 0 bridgehead atoms. The van der Waals surface area contributed by atoms with E-state index < -0.39 is 26.7 Å². The number of aromatic nitrogens is 1. The Morgan fingerprint density at radius 2 is 2.46 bits per heavy atom. The summed E-state index contributed by atoms with van der Waals surface area (Å²) in [5.74, 6) is 0. The fraction of sp³-hybridized carbons (Fsp3) is 0.333.